The second-order valence-corrected chi connectivity index (χ2v) is 4.17. The third-order valence-corrected chi connectivity index (χ3v) is 3.22. The molecule has 0 saturated carbocycles. The Morgan fingerprint density at radius 2 is 2.07 bits per heavy atom. The van der Waals surface area contributed by atoms with E-state index in [9.17, 15) is 4.39 Å². The molecule has 1 aliphatic heterocycles. The van der Waals surface area contributed by atoms with E-state index in [2.05, 4.69) is 5.32 Å². The molecule has 1 fully saturated rings. The van der Waals surface area contributed by atoms with Gasteiger partial charge >= 0.3 is 0 Å². The minimum Gasteiger partial charge on any atom is -0.319 e. The molecule has 2 nitrogen and oxygen atoms in total. The summed E-state index contributed by atoms with van der Waals surface area (Å²) in [6.07, 6.45) is 0. The Balaban J connectivity index is 0.00000112. The summed E-state index contributed by atoms with van der Waals surface area (Å²) in [5, 5.41) is 3.54. The van der Waals surface area contributed by atoms with E-state index < -0.39 is 5.54 Å². The number of hydrogen-bond acceptors (Lipinski definition) is 2. The lowest BCUT2D eigenvalue weighted by molar-refractivity contribution is 0.287. The van der Waals surface area contributed by atoms with Crippen molar-refractivity contribution in [1.29, 1.82) is 0 Å². The maximum atomic E-state index is 13.1. The third kappa shape index (κ3) is 1.97. The number of halogens is 3. The van der Waals surface area contributed by atoms with Crippen molar-refractivity contribution in [2.75, 3.05) is 13.1 Å². The molecule has 2 rings (SSSR count). The van der Waals surface area contributed by atoms with E-state index in [1.807, 2.05) is 0 Å². The number of benzene rings is 1. The molecule has 1 heterocycles. The lowest BCUT2D eigenvalue weighted by Crippen LogP contribution is -2.62. The first kappa shape index (κ1) is 12.7. The highest BCUT2D eigenvalue weighted by Crippen LogP contribution is 2.32. The summed E-state index contributed by atoms with van der Waals surface area (Å²) < 4.78 is 13.1. The van der Waals surface area contributed by atoms with Gasteiger partial charge in [-0.15, -0.1) is 12.4 Å². The molecular weight excluding hydrogens is 238 g/mol. The molecule has 1 aromatic carbocycles. The molecule has 0 aliphatic carbocycles. The van der Waals surface area contributed by atoms with Crippen LogP contribution in [0.3, 0.4) is 0 Å². The van der Waals surface area contributed by atoms with Gasteiger partial charge in [0.2, 0.25) is 0 Å². The quantitative estimate of drug-likeness (QED) is 0.800. The van der Waals surface area contributed by atoms with E-state index in [-0.39, 0.29) is 18.2 Å². The van der Waals surface area contributed by atoms with Gasteiger partial charge in [0.1, 0.15) is 5.82 Å². The standard InChI is InChI=1S/C10H12ClFN2.ClH/c1-6-8(12)3-2-7(9(6)11)10(13)4-14-5-10;/h2-3,14H,4-5,13H2,1H3;1H. The summed E-state index contributed by atoms with van der Waals surface area (Å²) in [6.45, 7) is 3.05. The lowest BCUT2D eigenvalue weighted by Gasteiger charge is -2.40. The molecule has 15 heavy (non-hydrogen) atoms. The monoisotopic (exact) mass is 250 g/mol. The van der Waals surface area contributed by atoms with Gasteiger partial charge in [-0.05, 0) is 18.6 Å². The highest BCUT2D eigenvalue weighted by atomic mass is 35.5. The summed E-state index contributed by atoms with van der Waals surface area (Å²) in [5.41, 5.74) is 6.96. The first-order valence-corrected chi connectivity index (χ1v) is 4.87. The fraction of sp³-hybridized carbons (Fsp3) is 0.400. The van der Waals surface area contributed by atoms with Gasteiger partial charge < -0.3 is 11.1 Å². The van der Waals surface area contributed by atoms with Crippen LogP contribution in [0.15, 0.2) is 12.1 Å². The smallest absolute Gasteiger partial charge is 0.127 e. The van der Waals surface area contributed by atoms with E-state index in [4.69, 9.17) is 17.3 Å². The summed E-state index contributed by atoms with van der Waals surface area (Å²) >= 11 is 6.05. The van der Waals surface area contributed by atoms with Crippen molar-refractivity contribution in [3.63, 3.8) is 0 Å². The molecule has 1 saturated heterocycles. The Labute approximate surface area is 99.4 Å². The maximum absolute atomic E-state index is 13.1. The van der Waals surface area contributed by atoms with Crippen molar-refractivity contribution >= 4 is 24.0 Å². The Morgan fingerprint density at radius 1 is 1.47 bits per heavy atom. The number of nitrogens with two attached hydrogens (primary N) is 1. The van der Waals surface area contributed by atoms with Crippen molar-refractivity contribution in [3.05, 3.63) is 34.1 Å². The Kier molecular flexibility index (Phi) is 3.61. The molecule has 0 amide bonds. The highest BCUT2D eigenvalue weighted by Gasteiger charge is 2.36. The summed E-state index contributed by atoms with van der Waals surface area (Å²) in [6, 6.07) is 3.09. The zero-order chi connectivity index (χ0) is 10.3. The second kappa shape index (κ2) is 4.26. The van der Waals surface area contributed by atoms with E-state index in [0.717, 1.165) is 5.56 Å². The minimum absolute atomic E-state index is 0. The van der Waals surface area contributed by atoms with E-state index in [1.165, 1.54) is 6.07 Å². The Bertz CT molecular complexity index is 378. The molecule has 0 spiro atoms. The summed E-state index contributed by atoms with van der Waals surface area (Å²) in [4.78, 5) is 0. The first-order valence-electron chi connectivity index (χ1n) is 4.49. The van der Waals surface area contributed by atoms with Crippen LogP contribution in [-0.2, 0) is 5.54 Å². The topological polar surface area (TPSA) is 38.0 Å². The predicted molar refractivity (Wildman–Crippen MR) is 62.1 cm³/mol. The van der Waals surface area contributed by atoms with Crippen molar-refractivity contribution in [2.24, 2.45) is 5.73 Å². The summed E-state index contributed by atoms with van der Waals surface area (Å²) in [7, 11) is 0. The Morgan fingerprint density at radius 3 is 2.53 bits per heavy atom. The SMILES string of the molecule is Cc1c(F)ccc(C2(N)CNC2)c1Cl.Cl. The van der Waals surface area contributed by atoms with Crippen molar-refractivity contribution in [1.82, 2.24) is 5.32 Å². The minimum atomic E-state index is -0.421. The number of hydrogen-bond donors (Lipinski definition) is 2. The van der Waals surface area contributed by atoms with Gasteiger partial charge in [-0.3, -0.25) is 0 Å². The molecule has 0 aromatic heterocycles. The average Bonchev–Trinajstić information content (AvgIpc) is 2.11. The Hall–Kier alpha value is -0.350. The molecule has 1 aliphatic rings. The van der Waals surface area contributed by atoms with Crippen molar-refractivity contribution in [2.45, 2.75) is 12.5 Å². The predicted octanol–water partition coefficient (Wildman–Crippen LogP) is 1.97. The van der Waals surface area contributed by atoms with Gasteiger partial charge in [-0.1, -0.05) is 17.7 Å². The molecule has 0 atom stereocenters. The molecule has 1 aromatic rings. The van der Waals surface area contributed by atoms with E-state index in [1.54, 1.807) is 13.0 Å². The van der Waals surface area contributed by atoms with Gasteiger partial charge in [-0.2, -0.15) is 0 Å². The van der Waals surface area contributed by atoms with Gasteiger partial charge in [0.05, 0.1) is 10.6 Å². The average molecular weight is 251 g/mol. The largest absolute Gasteiger partial charge is 0.319 e. The maximum Gasteiger partial charge on any atom is 0.127 e. The molecule has 0 radical (unpaired) electrons. The van der Waals surface area contributed by atoms with Crippen LogP contribution in [0.25, 0.3) is 0 Å². The fourth-order valence-corrected chi connectivity index (χ4v) is 1.97. The van der Waals surface area contributed by atoms with Crippen LogP contribution in [0.2, 0.25) is 5.02 Å². The van der Waals surface area contributed by atoms with Crippen LogP contribution in [0.5, 0.6) is 0 Å². The van der Waals surface area contributed by atoms with Crippen molar-refractivity contribution in [3.8, 4) is 0 Å². The van der Waals surface area contributed by atoms with Crippen LogP contribution >= 0.6 is 24.0 Å². The zero-order valence-electron chi connectivity index (χ0n) is 8.31. The fourth-order valence-electron chi connectivity index (χ4n) is 1.63. The van der Waals surface area contributed by atoms with Crippen LogP contribution in [0.1, 0.15) is 11.1 Å². The zero-order valence-corrected chi connectivity index (χ0v) is 9.88. The second-order valence-electron chi connectivity index (χ2n) is 3.79. The van der Waals surface area contributed by atoms with Crippen LogP contribution in [0.4, 0.5) is 4.39 Å². The van der Waals surface area contributed by atoms with Gasteiger partial charge in [0.25, 0.3) is 0 Å². The van der Waals surface area contributed by atoms with Crippen LogP contribution < -0.4 is 11.1 Å². The number of nitrogens with one attached hydrogen (secondary N) is 1. The van der Waals surface area contributed by atoms with Gasteiger partial charge in [-0.25, -0.2) is 4.39 Å². The molecule has 0 unspecified atom stereocenters. The molecule has 3 N–H and O–H groups in total. The first-order chi connectivity index (χ1) is 6.54. The van der Waals surface area contributed by atoms with Crippen LogP contribution in [-0.4, -0.2) is 13.1 Å². The van der Waals surface area contributed by atoms with Gasteiger partial charge in [0.15, 0.2) is 0 Å². The van der Waals surface area contributed by atoms with E-state index in [0.29, 0.717) is 23.7 Å². The molecule has 84 valence electrons. The lowest BCUT2D eigenvalue weighted by atomic mass is 9.84. The molecule has 0 bridgehead atoms. The van der Waals surface area contributed by atoms with Gasteiger partial charge in [0, 0.05) is 18.7 Å². The van der Waals surface area contributed by atoms with Crippen LogP contribution in [0, 0.1) is 12.7 Å². The third-order valence-electron chi connectivity index (χ3n) is 2.74. The molecule has 5 heteroatoms. The van der Waals surface area contributed by atoms with E-state index >= 15 is 0 Å². The number of rotatable bonds is 1. The highest BCUT2D eigenvalue weighted by molar-refractivity contribution is 6.32. The van der Waals surface area contributed by atoms with Crippen molar-refractivity contribution < 1.29 is 4.39 Å². The summed E-state index contributed by atoms with van der Waals surface area (Å²) in [5.74, 6) is -0.283. The molecular formula is C10H13Cl2FN2. The normalized spacial score (nSPS) is 17.9.